The summed E-state index contributed by atoms with van der Waals surface area (Å²) in [7, 11) is 0. The van der Waals surface area contributed by atoms with Crippen molar-refractivity contribution in [2.24, 2.45) is 0 Å². The summed E-state index contributed by atoms with van der Waals surface area (Å²) in [6.07, 6.45) is 0.0892. The number of nitrogens with zero attached hydrogens (tertiary/aromatic N) is 1. The van der Waals surface area contributed by atoms with Crippen molar-refractivity contribution < 1.29 is 19.2 Å². The van der Waals surface area contributed by atoms with Crippen LogP contribution in [-0.4, -0.2) is 17.5 Å². The number of hydrogen-bond donors (Lipinski definition) is 0. The average molecular weight is 287 g/mol. The Balaban J connectivity index is 1.78. The SMILES string of the molecule is O=C(CCOc1ccccc1)Oc1ccc([N+](=O)[O-])cc1. The number of esters is 1. The van der Waals surface area contributed by atoms with Crippen LogP contribution >= 0.6 is 0 Å². The topological polar surface area (TPSA) is 78.7 Å². The molecule has 0 radical (unpaired) electrons. The van der Waals surface area contributed by atoms with Gasteiger partial charge in [0.15, 0.2) is 0 Å². The quantitative estimate of drug-likeness (QED) is 0.353. The number of benzene rings is 2. The second-order valence-electron chi connectivity index (χ2n) is 4.14. The zero-order valence-electron chi connectivity index (χ0n) is 11.1. The summed E-state index contributed by atoms with van der Waals surface area (Å²) in [5.41, 5.74) is -0.0535. The summed E-state index contributed by atoms with van der Waals surface area (Å²) in [5, 5.41) is 10.5. The molecule has 0 atom stereocenters. The van der Waals surface area contributed by atoms with Crippen molar-refractivity contribution in [1.82, 2.24) is 0 Å². The molecule has 0 aromatic heterocycles. The van der Waals surface area contributed by atoms with E-state index in [1.165, 1.54) is 24.3 Å². The van der Waals surface area contributed by atoms with E-state index in [0.29, 0.717) is 5.75 Å². The van der Waals surface area contributed by atoms with Gasteiger partial charge >= 0.3 is 5.97 Å². The summed E-state index contributed by atoms with van der Waals surface area (Å²) in [6.45, 7) is 0.204. The van der Waals surface area contributed by atoms with Gasteiger partial charge in [0.2, 0.25) is 0 Å². The fraction of sp³-hybridized carbons (Fsp3) is 0.133. The first kappa shape index (κ1) is 14.5. The lowest BCUT2D eigenvalue weighted by molar-refractivity contribution is -0.384. The molecule has 0 aliphatic rings. The summed E-state index contributed by atoms with van der Waals surface area (Å²) in [6, 6.07) is 14.5. The molecule has 2 aromatic rings. The number of rotatable bonds is 6. The summed E-state index contributed by atoms with van der Waals surface area (Å²) >= 11 is 0. The minimum atomic E-state index is -0.515. The van der Waals surface area contributed by atoms with Gasteiger partial charge in [0.1, 0.15) is 11.5 Å². The van der Waals surface area contributed by atoms with Crippen LogP contribution in [0, 0.1) is 10.1 Å². The van der Waals surface area contributed by atoms with Crippen LogP contribution in [0.3, 0.4) is 0 Å². The molecule has 108 valence electrons. The predicted octanol–water partition coefficient (Wildman–Crippen LogP) is 2.97. The Morgan fingerprint density at radius 3 is 2.29 bits per heavy atom. The van der Waals surface area contributed by atoms with Gasteiger partial charge in [-0.05, 0) is 24.3 Å². The van der Waals surface area contributed by atoms with Crippen LogP contribution in [0.4, 0.5) is 5.69 Å². The molecule has 6 heteroatoms. The van der Waals surface area contributed by atoms with Crippen molar-refractivity contribution >= 4 is 11.7 Å². The summed E-state index contributed by atoms with van der Waals surface area (Å²) < 4.78 is 10.4. The van der Waals surface area contributed by atoms with E-state index in [1.807, 2.05) is 18.2 Å². The molecule has 0 N–H and O–H groups in total. The van der Waals surface area contributed by atoms with Crippen molar-refractivity contribution in [3.8, 4) is 11.5 Å². The summed E-state index contributed by atoms with van der Waals surface area (Å²) in [4.78, 5) is 21.6. The number of carbonyl (C=O) groups is 1. The van der Waals surface area contributed by atoms with E-state index >= 15 is 0 Å². The molecule has 0 amide bonds. The highest BCUT2D eigenvalue weighted by atomic mass is 16.6. The van der Waals surface area contributed by atoms with E-state index < -0.39 is 10.9 Å². The highest BCUT2D eigenvalue weighted by molar-refractivity contribution is 5.72. The van der Waals surface area contributed by atoms with Gasteiger partial charge in [-0.1, -0.05) is 18.2 Å². The molecular weight excluding hydrogens is 274 g/mol. The maximum Gasteiger partial charge on any atom is 0.314 e. The highest BCUT2D eigenvalue weighted by Gasteiger charge is 2.08. The molecule has 0 aliphatic carbocycles. The van der Waals surface area contributed by atoms with E-state index in [4.69, 9.17) is 9.47 Å². The highest BCUT2D eigenvalue weighted by Crippen LogP contribution is 2.17. The van der Waals surface area contributed by atoms with Gasteiger partial charge in [-0.3, -0.25) is 14.9 Å². The Morgan fingerprint density at radius 2 is 1.67 bits per heavy atom. The van der Waals surface area contributed by atoms with Crippen molar-refractivity contribution in [3.63, 3.8) is 0 Å². The van der Waals surface area contributed by atoms with Gasteiger partial charge in [-0.25, -0.2) is 0 Å². The van der Waals surface area contributed by atoms with Gasteiger partial charge in [-0.15, -0.1) is 0 Å². The Morgan fingerprint density at radius 1 is 1.00 bits per heavy atom. The number of carbonyl (C=O) groups excluding carboxylic acids is 1. The minimum Gasteiger partial charge on any atom is -0.493 e. The van der Waals surface area contributed by atoms with Gasteiger partial charge < -0.3 is 9.47 Å². The first-order valence-corrected chi connectivity index (χ1v) is 6.28. The molecule has 0 unspecified atom stereocenters. The molecule has 0 fully saturated rings. The van der Waals surface area contributed by atoms with Crippen LogP contribution in [0.1, 0.15) is 6.42 Å². The first-order chi connectivity index (χ1) is 10.1. The van der Waals surface area contributed by atoms with Gasteiger partial charge in [-0.2, -0.15) is 0 Å². The number of nitro benzene ring substituents is 1. The zero-order chi connectivity index (χ0) is 15.1. The molecule has 0 bridgehead atoms. The van der Waals surface area contributed by atoms with E-state index in [-0.39, 0.29) is 24.5 Å². The molecule has 0 aliphatic heterocycles. The van der Waals surface area contributed by atoms with E-state index in [9.17, 15) is 14.9 Å². The first-order valence-electron chi connectivity index (χ1n) is 6.28. The van der Waals surface area contributed by atoms with Gasteiger partial charge in [0.25, 0.3) is 5.69 Å². The number of para-hydroxylation sites is 1. The van der Waals surface area contributed by atoms with Crippen LogP contribution in [-0.2, 0) is 4.79 Å². The zero-order valence-corrected chi connectivity index (χ0v) is 11.1. The fourth-order valence-corrected chi connectivity index (χ4v) is 1.59. The lowest BCUT2D eigenvalue weighted by Crippen LogP contribution is -2.12. The van der Waals surface area contributed by atoms with Crippen LogP contribution in [0.5, 0.6) is 11.5 Å². The number of ether oxygens (including phenoxy) is 2. The second kappa shape index (κ2) is 7.04. The fourth-order valence-electron chi connectivity index (χ4n) is 1.59. The van der Waals surface area contributed by atoms with Crippen molar-refractivity contribution in [2.75, 3.05) is 6.61 Å². The third-order valence-corrected chi connectivity index (χ3v) is 2.60. The van der Waals surface area contributed by atoms with E-state index in [0.717, 1.165) is 0 Å². The maximum absolute atomic E-state index is 11.6. The standard InChI is InChI=1S/C15H13NO5/c17-15(10-11-20-13-4-2-1-3-5-13)21-14-8-6-12(7-9-14)16(18)19/h1-9H,10-11H2. The predicted molar refractivity (Wildman–Crippen MR) is 75.3 cm³/mol. The Labute approximate surface area is 121 Å². The third kappa shape index (κ3) is 4.61. The molecule has 2 rings (SSSR count). The van der Waals surface area contributed by atoms with Crippen molar-refractivity contribution in [1.29, 1.82) is 0 Å². The largest absolute Gasteiger partial charge is 0.493 e. The Kier molecular flexibility index (Phi) is 4.87. The molecule has 0 heterocycles. The molecule has 0 saturated heterocycles. The summed E-state index contributed by atoms with van der Waals surface area (Å²) in [5.74, 6) is 0.491. The third-order valence-electron chi connectivity index (χ3n) is 2.60. The number of non-ortho nitro benzene ring substituents is 1. The van der Waals surface area contributed by atoms with Crippen molar-refractivity contribution in [3.05, 3.63) is 64.7 Å². The average Bonchev–Trinajstić information content (AvgIpc) is 2.49. The molecule has 0 spiro atoms. The smallest absolute Gasteiger partial charge is 0.314 e. The van der Waals surface area contributed by atoms with Gasteiger partial charge in [0.05, 0.1) is 18.0 Å². The second-order valence-corrected chi connectivity index (χ2v) is 4.14. The number of nitro groups is 1. The Hall–Kier alpha value is -2.89. The Bertz CT molecular complexity index is 610. The maximum atomic E-state index is 11.6. The lowest BCUT2D eigenvalue weighted by Gasteiger charge is -2.06. The minimum absolute atomic E-state index is 0.0535. The van der Waals surface area contributed by atoms with Crippen molar-refractivity contribution in [2.45, 2.75) is 6.42 Å². The molecule has 21 heavy (non-hydrogen) atoms. The normalized spacial score (nSPS) is 9.90. The molecule has 2 aromatic carbocycles. The monoisotopic (exact) mass is 287 g/mol. The van der Waals surface area contributed by atoms with Crippen LogP contribution < -0.4 is 9.47 Å². The lowest BCUT2D eigenvalue weighted by atomic mass is 10.3. The van der Waals surface area contributed by atoms with Gasteiger partial charge in [0, 0.05) is 12.1 Å². The van der Waals surface area contributed by atoms with E-state index in [2.05, 4.69) is 0 Å². The van der Waals surface area contributed by atoms with Crippen LogP contribution in [0.25, 0.3) is 0 Å². The molecular formula is C15H13NO5. The van der Waals surface area contributed by atoms with Crippen LogP contribution in [0.15, 0.2) is 54.6 Å². The number of hydrogen-bond acceptors (Lipinski definition) is 5. The van der Waals surface area contributed by atoms with E-state index in [1.54, 1.807) is 12.1 Å². The molecule has 6 nitrogen and oxygen atoms in total. The molecule has 0 saturated carbocycles. The van der Waals surface area contributed by atoms with Crippen LogP contribution in [0.2, 0.25) is 0 Å².